The predicted molar refractivity (Wildman–Crippen MR) is 41.7 cm³/mol. The minimum absolute atomic E-state index is 0.747. The number of halogens is 2. The number of aromatic nitrogens is 1. The Bertz CT molecular complexity index is 204. The molecule has 0 aliphatic heterocycles. The van der Waals surface area contributed by atoms with Crippen molar-refractivity contribution in [3.8, 4) is 0 Å². The van der Waals surface area contributed by atoms with Gasteiger partial charge in [0.25, 0.3) is 0 Å². The van der Waals surface area contributed by atoms with Crippen molar-refractivity contribution in [2.75, 3.05) is 0 Å². The van der Waals surface area contributed by atoms with Gasteiger partial charge in [0.05, 0.1) is 0 Å². The molecule has 0 saturated heterocycles. The van der Waals surface area contributed by atoms with Crippen LogP contribution in [0.1, 0.15) is 5.56 Å². The first-order valence-electron chi connectivity index (χ1n) is 2.48. The molecule has 9 heavy (non-hydrogen) atoms. The Morgan fingerprint density at radius 1 is 1.67 bits per heavy atom. The Balaban J connectivity index is 3.25. The molecule has 1 aromatic rings. The van der Waals surface area contributed by atoms with Gasteiger partial charge in [0.15, 0.2) is 0 Å². The Kier molecular flexibility index (Phi) is 2.09. The fourth-order valence-corrected chi connectivity index (χ4v) is 1.08. The molecule has 48 valence electrons. The maximum Gasteiger partial charge on any atom is 0.110 e. The molecule has 0 amide bonds. The molecule has 3 heteroatoms. The van der Waals surface area contributed by atoms with E-state index < -0.39 is 0 Å². The van der Waals surface area contributed by atoms with Gasteiger partial charge in [-0.25, -0.2) is 4.98 Å². The highest BCUT2D eigenvalue weighted by molar-refractivity contribution is 9.10. The SMILES string of the molecule is Cc1c(Cl)ccnc1Br. The first kappa shape index (κ1) is 7.03. The zero-order valence-corrected chi connectivity index (χ0v) is 7.20. The quantitative estimate of drug-likeness (QED) is 0.595. The molecule has 0 fully saturated rings. The molecule has 0 aromatic carbocycles. The molecule has 0 radical (unpaired) electrons. The molecular formula is C6H5BrClN. The van der Waals surface area contributed by atoms with Crippen molar-refractivity contribution < 1.29 is 0 Å². The second-order valence-electron chi connectivity index (χ2n) is 1.71. The van der Waals surface area contributed by atoms with Gasteiger partial charge in [-0.2, -0.15) is 0 Å². The van der Waals surface area contributed by atoms with Crippen LogP contribution < -0.4 is 0 Å². The minimum Gasteiger partial charge on any atom is -0.249 e. The van der Waals surface area contributed by atoms with Crippen molar-refractivity contribution in [1.29, 1.82) is 0 Å². The van der Waals surface area contributed by atoms with Crippen molar-refractivity contribution in [2.45, 2.75) is 6.92 Å². The largest absolute Gasteiger partial charge is 0.249 e. The topological polar surface area (TPSA) is 12.9 Å². The predicted octanol–water partition coefficient (Wildman–Crippen LogP) is 2.81. The summed E-state index contributed by atoms with van der Waals surface area (Å²) in [6, 6.07) is 1.77. The summed E-state index contributed by atoms with van der Waals surface area (Å²) in [6.45, 7) is 1.92. The first-order chi connectivity index (χ1) is 4.22. The van der Waals surface area contributed by atoms with Gasteiger partial charge < -0.3 is 0 Å². The van der Waals surface area contributed by atoms with Crippen LogP contribution in [0, 0.1) is 6.92 Å². The van der Waals surface area contributed by atoms with E-state index in [1.54, 1.807) is 12.3 Å². The van der Waals surface area contributed by atoms with E-state index in [1.165, 1.54) is 0 Å². The van der Waals surface area contributed by atoms with Gasteiger partial charge in [-0.15, -0.1) is 0 Å². The minimum atomic E-state index is 0.747. The standard InChI is InChI=1S/C6H5BrClN/c1-4-5(8)2-3-9-6(4)7/h2-3H,1H3. The highest BCUT2D eigenvalue weighted by Gasteiger charge is 1.97. The van der Waals surface area contributed by atoms with Crippen LogP contribution in [0.5, 0.6) is 0 Å². The molecule has 1 nitrogen and oxygen atoms in total. The van der Waals surface area contributed by atoms with Gasteiger partial charge >= 0.3 is 0 Å². The molecule has 0 aliphatic carbocycles. The van der Waals surface area contributed by atoms with Gasteiger partial charge in [-0.1, -0.05) is 11.6 Å². The zero-order chi connectivity index (χ0) is 6.85. The second-order valence-corrected chi connectivity index (χ2v) is 2.87. The molecule has 0 bridgehead atoms. The molecule has 0 saturated carbocycles. The van der Waals surface area contributed by atoms with E-state index in [1.807, 2.05) is 6.92 Å². The van der Waals surface area contributed by atoms with E-state index in [2.05, 4.69) is 20.9 Å². The number of hydrogen-bond donors (Lipinski definition) is 0. The van der Waals surface area contributed by atoms with Gasteiger partial charge in [0, 0.05) is 16.8 Å². The molecular weight excluding hydrogens is 201 g/mol. The van der Waals surface area contributed by atoms with Crippen molar-refractivity contribution >= 4 is 27.5 Å². The Morgan fingerprint density at radius 2 is 2.33 bits per heavy atom. The third-order valence-corrected chi connectivity index (χ3v) is 2.29. The number of hydrogen-bond acceptors (Lipinski definition) is 1. The lowest BCUT2D eigenvalue weighted by Gasteiger charge is -1.96. The Labute approximate surface area is 67.2 Å². The second kappa shape index (κ2) is 2.67. The summed E-state index contributed by atoms with van der Waals surface area (Å²) in [5.41, 5.74) is 0.985. The maximum absolute atomic E-state index is 5.74. The lowest BCUT2D eigenvalue weighted by atomic mass is 10.3. The van der Waals surface area contributed by atoms with E-state index in [4.69, 9.17) is 11.6 Å². The monoisotopic (exact) mass is 205 g/mol. The lowest BCUT2D eigenvalue weighted by molar-refractivity contribution is 1.22. The highest BCUT2D eigenvalue weighted by atomic mass is 79.9. The molecule has 1 rings (SSSR count). The van der Waals surface area contributed by atoms with Crippen LogP contribution in [-0.2, 0) is 0 Å². The third kappa shape index (κ3) is 1.43. The van der Waals surface area contributed by atoms with Crippen LogP contribution in [0.3, 0.4) is 0 Å². The zero-order valence-electron chi connectivity index (χ0n) is 4.86. The summed E-state index contributed by atoms with van der Waals surface area (Å²) < 4.78 is 0.815. The molecule has 0 unspecified atom stereocenters. The summed E-state index contributed by atoms with van der Waals surface area (Å²) in [7, 11) is 0. The number of rotatable bonds is 0. The normalized spacial score (nSPS) is 9.67. The molecule has 0 spiro atoms. The molecule has 0 aliphatic rings. The lowest BCUT2D eigenvalue weighted by Crippen LogP contribution is -1.80. The molecule has 0 N–H and O–H groups in total. The highest BCUT2D eigenvalue weighted by Crippen LogP contribution is 2.20. The first-order valence-corrected chi connectivity index (χ1v) is 3.65. The summed E-state index contributed by atoms with van der Waals surface area (Å²) in [5, 5.41) is 0.747. The number of pyridine rings is 1. The van der Waals surface area contributed by atoms with Gasteiger partial charge in [-0.05, 0) is 28.9 Å². The summed E-state index contributed by atoms with van der Waals surface area (Å²) in [6.07, 6.45) is 1.67. The van der Waals surface area contributed by atoms with Gasteiger partial charge in [0.1, 0.15) is 4.60 Å². The fraction of sp³-hybridized carbons (Fsp3) is 0.167. The van der Waals surface area contributed by atoms with Crippen LogP contribution in [0.2, 0.25) is 5.02 Å². The van der Waals surface area contributed by atoms with E-state index in [-0.39, 0.29) is 0 Å². The summed E-state index contributed by atoms with van der Waals surface area (Å²) in [4.78, 5) is 3.97. The van der Waals surface area contributed by atoms with Crippen molar-refractivity contribution in [3.05, 3.63) is 27.5 Å². The number of nitrogens with zero attached hydrogens (tertiary/aromatic N) is 1. The summed E-state index contributed by atoms with van der Waals surface area (Å²) >= 11 is 8.99. The summed E-state index contributed by atoms with van der Waals surface area (Å²) in [5.74, 6) is 0. The van der Waals surface area contributed by atoms with E-state index in [0.29, 0.717) is 0 Å². The van der Waals surface area contributed by atoms with Crippen molar-refractivity contribution in [1.82, 2.24) is 4.98 Å². The van der Waals surface area contributed by atoms with Crippen LogP contribution in [0.25, 0.3) is 0 Å². The molecule has 1 aromatic heterocycles. The van der Waals surface area contributed by atoms with E-state index in [0.717, 1.165) is 15.2 Å². The van der Waals surface area contributed by atoms with Crippen LogP contribution in [0.15, 0.2) is 16.9 Å². The Hall–Kier alpha value is -0.0800. The molecule has 0 atom stereocenters. The van der Waals surface area contributed by atoms with Gasteiger partial charge in [-0.3, -0.25) is 0 Å². The van der Waals surface area contributed by atoms with E-state index >= 15 is 0 Å². The smallest absolute Gasteiger partial charge is 0.110 e. The van der Waals surface area contributed by atoms with Crippen LogP contribution in [0.4, 0.5) is 0 Å². The average Bonchev–Trinajstić information content (AvgIpc) is 1.83. The third-order valence-electron chi connectivity index (χ3n) is 1.08. The van der Waals surface area contributed by atoms with Crippen LogP contribution in [-0.4, -0.2) is 4.98 Å². The molecule has 1 heterocycles. The maximum atomic E-state index is 5.74. The van der Waals surface area contributed by atoms with E-state index in [9.17, 15) is 0 Å². The fourth-order valence-electron chi connectivity index (χ4n) is 0.489. The van der Waals surface area contributed by atoms with Crippen molar-refractivity contribution in [3.63, 3.8) is 0 Å². The van der Waals surface area contributed by atoms with Crippen LogP contribution >= 0.6 is 27.5 Å². The van der Waals surface area contributed by atoms with Gasteiger partial charge in [0.2, 0.25) is 0 Å². The average molecular weight is 206 g/mol. The Morgan fingerprint density at radius 3 is 2.78 bits per heavy atom. The van der Waals surface area contributed by atoms with Crippen molar-refractivity contribution in [2.24, 2.45) is 0 Å².